The highest BCUT2D eigenvalue weighted by Crippen LogP contribution is 2.16. The lowest BCUT2D eigenvalue weighted by atomic mass is 10.00. The molecule has 1 unspecified atom stereocenters. The van der Waals surface area contributed by atoms with Crippen molar-refractivity contribution in [2.24, 2.45) is 0 Å². The molecule has 0 aliphatic heterocycles. The van der Waals surface area contributed by atoms with Crippen LogP contribution in [0.3, 0.4) is 0 Å². The van der Waals surface area contributed by atoms with Crippen LogP contribution in [0.1, 0.15) is 78.6 Å². The topological polar surface area (TPSA) is 37.3 Å². The maximum atomic E-state index is 10.8. The van der Waals surface area contributed by atoms with Gasteiger partial charge in [-0.3, -0.25) is 4.79 Å². The van der Waals surface area contributed by atoms with E-state index in [4.69, 9.17) is 0 Å². The molecule has 0 aromatic carbocycles. The Morgan fingerprint density at radius 3 is 2.00 bits per heavy atom. The van der Waals surface area contributed by atoms with Gasteiger partial charge in [0.15, 0.2) is 0 Å². The molecule has 0 aliphatic rings. The van der Waals surface area contributed by atoms with Gasteiger partial charge in [-0.2, -0.15) is 0 Å². The van der Waals surface area contributed by atoms with Crippen LogP contribution in [0.15, 0.2) is 11.1 Å². The average Bonchev–Trinajstić information content (AvgIpc) is 2.33. The molecule has 1 atom stereocenters. The molecule has 1 N–H and O–H groups in total. The minimum Gasteiger partial charge on any atom is -0.389 e. The summed E-state index contributed by atoms with van der Waals surface area (Å²) in [5.74, 6) is 0. The molecular weight excluding hydrogens is 224 g/mol. The van der Waals surface area contributed by atoms with Crippen LogP contribution < -0.4 is 0 Å². The van der Waals surface area contributed by atoms with Crippen LogP contribution in [0.5, 0.6) is 0 Å². The smallest absolute Gasteiger partial charge is 0.148 e. The Morgan fingerprint density at radius 2 is 1.56 bits per heavy atom. The summed E-state index contributed by atoms with van der Waals surface area (Å²) in [5, 5.41) is 9.42. The maximum Gasteiger partial charge on any atom is 0.148 e. The summed E-state index contributed by atoms with van der Waals surface area (Å²) in [5.41, 5.74) is 1.61. The van der Waals surface area contributed by atoms with Crippen LogP contribution in [0.25, 0.3) is 0 Å². The molecule has 106 valence electrons. The molecule has 0 rings (SSSR count). The van der Waals surface area contributed by atoms with Crippen LogP contribution >= 0.6 is 0 Å². The van der Waals surface area contributed by atoms with Crippen LogP contribution in [-0.2, 0) is 4.79 Å². The summed E-state index contributed by atoms with van der Waals surface area (Å²) < 4.78 is 0. The Kier molecular flexibility index (Phi) is 11.1. The third kappa shape index (κ3) is 8.46. The Morgan fingerprint density at radius 1 is 1.06 bits per heavy atom. The van der Waals surface area contributed by atoms with Gasteiger partial charge in [-0.25, -0.2) is 0 Å². The highest BCUT2D eigenvalue weighted by atomic mass is 16.3. The highest BCUT2D eigenvalue weighted by molar-refractivity contribution is 5.75. The van der Waals surface area contributed by atoms with Crippen molar-refractivity contribution in [3.8, 4) is 0 Å². The normalized spacial score (nSPS) is 14.2. The van der Waals surface area contributed by atoms with E-state index in [9.17, 15) is 9.90 Å². The van der Waals surface area contributed by atoms with Gasteiger partial charge in [0.25, 0.3) is 0 Å². The fourth-order valence-corrected chi connectivity index (χ4v) is 2.22. The number of carbonyl (C=O) groups excluding carboxylic acids is 1. The SMILES string of the molecule is CCCCCCCCCCC(C)=C(C=O)C(C)O. The first kappa shape index (κ1) is 17.4. The molecular formula is C16H30O2. The first-order valence-corrected chi connectivity index (χ1v) is 7.46. The van der Waals surface area contributed by atoms with Gasteiger partial charge in [-0.05, 0) is 26.7 Å². The number of hydrogen-bond donors (Lipinski definition) is 1. The zero-order valence-corrected chi connectivity index (χ0v) is 12.4. The van der Waals surface area contributed by atoms with E-state index >= 15 is 0 Å². The zero-order valence-electron chi connectivity index (χ0n) is 12.4. The number of aliphatic hydroxyl groups is 1. The van der Waals surface area contributed by atoms with Gasteiger partial charge in [-0.1, -0.05) is 57.4 Å². The van der Waals surface area contributed by atoms with Crippen molar-refractivity contribution < 1.29 is 9.90 Å². The van der Waals surface area contributed by atoms with Gasteiger partial charge in [0.05, 0.1) is 6.10 Å². The molecule has 0 aromatic heterocycles. The van der Waals surface area contributed by atoms with Crippen LogP contribution in [-0.4, -0.2) is 17.5 Å². The number of allylic oxidation sites excluding steroid dienone is 1. The summed E-state index contributed by atoms with van der Waals surface area (Å²) in [6, 6.07) is 0. The van der Waals surface area contributed by atoms with Crippen molar-refractivity contribution in [3.05, 3.63) is 11.1 Å². The largest absolute Gasteiger partial charge is 0.389 e. The van der Waals surface area contributed by atoms with E-state index in [1.165, 1.54) is 44.9 Å². The van der Waals surface area contributed by atoms with E-state index in [0.29, 0.717) is 5.57 Å². The Bertz CT molecular complexity index is 241. The predicted molar refractivity (Wildman–Crippen MR) is 77.7 cm³/mol. The van der Waals surface area contributed by atoms with E-state index < -0.39 is 6.10 Å². The number of rotatable bonds is 11. The first-order valence-electron chi connectivity index (χ1n) is 7.46. The summed E-state index contributed by atoms with van der Waals surface area (Å²) in [7, 11) is 0. The Hall–Kier alpha value is -0.630. The quantitative estimate of drug-likeness (QED) is 0.337. The van der Waals surface area contributed by atoms with Crippen molar-refractivity contribution >= 4 is 6.29 Å². The van der Waals surface area contributed by atoms with Gasteiger partial charge in [0.1, 0.15) is 6.29 Å². The number of carbonyl (C=O) groups is 1. The standard InChI is InChI=1S/C16H30O2/c1-4-5-6-7-8-9-10-11-12-14(2)16(13-17)15(3)18/h13,15,18H,4-12H2,1-3H3. The van der Waals surface area contributed by atoms with Crippen LogP contribution in [0.4, 0.5) is 0 Å². The minimum atomic E-state index is -0.628. The lowest BCUT2D eigenvalue weighted by Crippen LogP contribution is -2.08. The molecule has 0 bridgehead atoms. The molecule has 18 heavy (non-hydrogen) atoms. The molecule has 0 radical (unpaired) electrons. The Labute approximate surface area is 112 Å². The van der Waals surface area contributed by atoms with Gasteiger partial charge >= 0.3 is 0 Å². The number of hydrogen-bond acceptors (Lipinski definition) is 2. The third-order valence-electron chi connectivity index (χ3n) is 3.48. The van der Waals surface area contributed by atoms with E-state index in [0.717, 1.165) is 24.7 Å². The van der Waals surface area contributed by atoms with Crippen LogP contribution in [0.2, 0.25) is 0 Å². The van der Waals surface area contributed by atoms with Crippen molar-refractivity contribution in [3.63, 3.8) is 0 Å². The zero-order chi connectivity index (χ0) is 13.8. The second-order valence-corrected chi connectivity index (χ2v) is 5.25. The van der Waals surface area contributed by atoms with Crippen LogP contribution in [0, 0.1) is 0 Å². The molecule has 0 saturated heterocycles. The predicted octanol–water partition coefficient (Wildman–Crippen LogP) is 4.41. The molecule has 0 aromatic rings. The molecule has 0 spiro atoms. The average molecular weight is 254 g/mol. The van der Waals surface area contributed by atoms with Gasteiger partial charge in [-0.15, -0.1) is 0 Å². The fourth-order valence-electron chi connectivity index (χ4n) is 2.22. The molecule has 0 aliphatic carbocycles. The van der Waals surface area contributed by atoms with Crippen molar-refractivity contribution in [2.75, 3.05) is 0 Å². The monoisotopic (exact) mass is 254 g/mol. The minimum absolute atomic E-state index is 0.568. The molecule has 2 nitrogen and oxygen atoms in total. The summed E-state index contributed by atoms with van der Waals surface area (Å²) in [6.45, 7) is 5.85. The fraction of sp³-hybridized carbons (Fsp3) is 0.812. The number of aldehydes is 1. The van der Waals surface area contributed by atoms with E-state index in [2.05, 4.69) is 6.92 Å². The van der Waals surface area contributed by atoms with E-state index in [1.54, 1.807) is 6.92 Å². The number of aliphatic hydroxyl groups excluding tert-OH is 1. The number of unbranched alkanes of at least 4 members (excludes halogenated alkanes) is 7. The summed E-state index contributed by atoms with van der Waals surface area (Å²) in [6.07, 6.45) is 11.5. The molecule has 0 fully saturated rings. The van der Waals surface area contributed by atoms with E-state index in [1.807, 2.05) is 6.92 Å². The highest BCUT2D eigenvalue weighted by Gasteiger charge is 2.07. The third-order valence-corrected chi connectivity index (χ3v) is 3.48. The van der Waals surface area contributed by atoms with Gasteiger partial charge in [0.2, 0.25) is 0 Å². The molecule has 0 saturated carbocycles. The molecule has 0 amide bonds. The second-order valence-electron chi connectivity index (χ2n) is 5.25. The van der Waals surface area contributed by atoms with E-state index in [-0.39, 0.29) is 0 Å². The Balaban J connectivity index is 3.62. The van der Waals surface area contributed by atoms with Gasteiger partial charge in [0, 0.05) is 5.57 Å². The van der Waals surface area contributed by atoms with Crippen molar-refractivity contribution in [2.45, 2.75) is 84.7 Å². The molecule has 2 heteroatoms. The maximum absolute atomic E-state index is 10.8. The van der Waals surface area contributed by atoms with Gasteiger partial charge < -0.3 is 5.11 Å². The van der Waals surface area contributed by atoms with Crippen molar-refractivity contribution in [1.29, 1.82) is 0 Å². The van der Waals surface area contributed by atoms with Crippen molar-refractivity contribution in [1.82, 2.24) is 0 Å². The first-order chi connectivity index (χ1) is 8.63. The lowest BCUT2D eigenvalue weighted by molar-refractivity contribution is -0.105. The lowest BCUT2D eigenvalue weighted by Gasteiger charge is -2.09. The second kappa shape index (κ2) is 11.5. The summed E-state index contributed by atoms with van der Waals surface area (Å²) in [4.78, 5) is 10.8. The molecule has 0 heterocycles. The summed E-state index contributed by atoms with van der Waals surface area (Å²) >= 11 is 0.